The van der Waals surface area contributed by atoms with Crippen LogP contribution in [-0.2, 0) is 6.42 Å². The minimum absolute atomic E-state index is 0.0582. The summed E-state index contributed by atoms with van der Waals surface area (Å²) in [5.74, 6) is -2.12. The predicted molar refractivity (Wildman–Crippen MR) is 109 cm³/mol. The van der Waals surface area contributed by atoms with Gasteiger partial charge in [-0.1, -0.05) is 28.1 Å². The van der Waals surface area contributed by atoms with E-state index in [0.29, 0.717) is 12.2 Å². The first-order valence-electron chi connectivity index (χ1n) is 9.20. The van der Waals surface area contributed by atoms with Crippen molar-refractivity contribution in [2.24, 2.45) is 0 Å². The first-order valence-corrected chi connectivity index (χ1v) is 9.99. The fourth-order valence-electron chi connectivity index (χ4n) is 4.25. The predicted octanol–water partition coefficient (Wildman–Crippen LogP) is 5.33. The minimum Gasteiger partial charge on any atom is -0.496 e. The summed E-state index contributed by atoms with van der Waals surface area (Å²) in [6, 6.07) is 9.37. The number of methoxy groups -OCH3 is 1. The Hall–Kier alpha value is -1.99. The minimum atomic E-state index is -2.80. The number of hydrogen-bond acceptors (Lipinski definition) is 3. The van der Waals surface area contributed by atoms with Gasteiger partial charge >= 0.3 is 0 Å². The van der Waals surface area contributed by atoms with E-state index >= 15 is 0 Å². The molecule has 1 aliphatic rings. The van der Waals surface area contributed by atoms with Crippen LogP contribution in [0.15, 0.2) is 41.0 Å². The first-order chi connectivity index (χ1) is 13.3. The van der Waals surface area contributed by atoms with Crippen LogP contribution in [-0.4, -0.2) is 40.7 Å². The summed E-state index contributed by atoms with van der Waals surface area (Å²) in [5.41, 5.74) is 4.02. The van der Waals surface area contributed by atoms with Crippen LogP contribution < -0.4 is 4.74 Å². The van der Waals surface area contributed by atoms with Gasteiger partial charge in [-0.2, -0.15) is 5.10 Å². The van der Waals surface area contributed by atoms with Gasteiger partial charge in [0.25, 0.3) is 5.92 Å². The number of hydrogen-bond donors (Lipinski definition) is 1. The highest BCUT2D eigenvalue weighted by atomic mass is 79.9. The molecule has 4 rings (SSSR count). The Balaban J connectivity index is 1.94. The molecule has 1 aromatic heterocycles. The van der Waals surface area contributed by atoms with Gasteiger partial charge in [-0.3, -0.25) is 10.00 Å². The van der Waals surface area contributed by atoms with Gasteiger partial charge in [0, 0.05) is 28.4 Å². The van der Waals surface area contributed by atoms with E-state index in [1.807, 2.05) is 48.4 Å². The monoisotopic (exact) mass is 449 g/mol. The molecule has 1 N–H and O–H groups in total. The van der Waals surface area contributed by atoms with E-state index in [1.165, 1.54) is 0 Å². The number of aromatic amines is 1. The number of ether oxygens (including phenoxy) is 1. The molecule has 2 heterocycles. The van der Waals surface area contributed by atoms with Gasteiger partial charge in [-0.05, 0) is 42.7 Å². The number of nitrogens with one attached hydrogen (secondary N) is 1. The standard InChI is InChI=1S/C21H22BrF2N3O/c1-12-8-16-14(6-7-18-17(16)10-25-26-18)20(27(12)11-21(2,23)24)15-5-4-13(22)9-19(15)28-3/h4-7,9-10,12,20H,8,11H2,1-3H3,(H,25,26)/t12-,20?/m1/s1. The van der Waals surface area contributed by atoms with Crippen LogP contribution in [0.1, 0.15) is 36.6 Å². The molecule has 0 saturated carbocycles. The van der Waals surface area contributed by atoms with E-state index in [4.69, 9.17) is 4.74 Å². The van der Waals surface area contributed by atoms with Gasteiger partial charge in [0.15, 0.2) is 0 Å². The highest BCUT2D eigenvalue weighted by Gasteiger charge is 2.39. The van der Waals surface area contributed by atoms with Crippen molar-refractivity contribution in [3.8, 4) is 5.75 Å². The number of benzene rings is 2. The molecule has 148 valence electrons. The summed E-state index contributed by atoms with van der Waals surface area (Å²) in [6.45, 7) is 2.66. The second kappa shape index (κ2) is 7.12. The lowest BCUT2D eigenvalue weighted by atomic mass is 9.83. The van der Waals surface area contributed by atoms with Crippen molar-refractivity contribution in [2.75, 3.05) is 13.7 Å². The fourth-order valence-corrected chi connectivity index (χ4v) is 4.59. The summed E-state index contributed by atoms with van der Waals surface area (Å²) in [7, 11) is 1.61. The van der Waals surface area contributed by atoms with Gasteiger partial charge in [0.2, 0.25) is 0 Å². The molecular weight excluding hydrogens is 428 g/mol. The number of alkyl halides is 2. The Kier molecular flexibility index (Phi) is 4.91. The Morgan fingerprint density at radius 2 is 2.04 bits per heavy atom. The van der Waals surface area contributed by atoms with Crippen LogP contribution in [0, 0.1) is 0 Å². The van der Waals surface area contributed by atoms with E-state index in [-0.39, 0.29) is 18.6 Å². The SMILES string of the molecule is COc1cc(Br)ccc1C1c2ccc3[nH]ncc3c2C[C@@H](C)N1CC(C)(F)F. The molecule has 28 heavy (non-hydrogen) atoms. The Bertz CT molecular complexity index is 1010. The molecular formula is C21H22BrF2N3O. The Morgan fingerprint density at radius 3 is 2.75 bits per heavy atom. The van der Waals surface area contributed by atoms with Crippen LogP contribution in [0.5, 0.6) is 5.75 Å². The van der Waals surface area contributed by atoms with Crippen molar-refractivity contribution < 1.29 is 13.5 Å². The zero-order valence-corrected chi connectivity index (χ0v) is 17.6. The van der Waals surface area contributed by atoms with Crippen molar-refractivity contribution in [1.82, 2.24) is 15.1 Å². The summed E-state index contributed by atoms with van der Waals surface area (Å²) in [5, 5.41) is 8.22. The number of aromatic nitrogens is 2. The molecule has 0 aliphatic carbocycles. The van der Waals surface area contributed by atoms with Crippen LogP contribution >= 0.6 is 15.9 Å². The zero-order chi connectivity index (χ0) is 20.1. The second-order valence-corrected chi connectivity index (χ2v) is 8.46. The molecule has 7 heteroatoms. The van der Waals surface area contributed by atoms with Crippen molar-refractivity contribution in [3.05, 3.63) is 57.7 Å². The molecule has 0 saturated heterocycles. The summed E-state index contributed by atoms with van der Waals surface area (Å²) in [6.07, 6.45) is 2.51. The molecule has 2 atom stereocenters. The second-order valence-electron chi connectivity index (χ2n) is 7.55. The van der Waals surface area contributed by atoms with Gasteiger partial charge in [-0.15, -0.1) is 0 Å². The van der Waals surface area contributed by atoms with Gasteiger partial charge in [0.1, 0.15) is 5.75 Å². The molecule has 1 aliphatic heterocycles. The lowest BCUT2D eigenvalue weighted by Gasteiger charge is -2.43. The molecule has 0 fully saturated rings. The van der Waals surface area contributed by atoms with Crippen LogP contribution in [0.2, 0.25) is 0 Å². The number of nitrogens with zero attached hydrogens (tertiary/aromatic N) is 2. The largest absolute Gasteiger partial charge is 0.496 e. The third kappa shape index (κ3) is 3.42. The van der Waals surface area contributed by atoms with Crippen molar-refractivity contribution in [3.63, 3.8) is 0 Å². The van der Waals surface area contributed by atoms with Crippen LogP contribution in [0.3, 0.4) is 0 Å². The maximum Gasteiger partial charge on any atom is 0.257 e. The lowest BCUT2D eigenvalue weighted by molar-refractivity contribution is -0.0364. The number of H-pyrrole nitrogens is 1. The lowest BCUT2D eigenvalue weighted by Crippen LogP contribution is -2.47. The molecule has 0 radical (unpaired) electrons. The molecule has 0 bridgehead atoms. The Morgan fingerprint density at radius 1 is 1.29 bits per heavy atom. The zero-order valence-electron chi connectivity index (χ0n) is 16.0. The number of rotatable bonds is 4. The average Bonchev–Trinajstić information content (AvgIpc) is 3.11. The number of halogens is 3. The van der Waals surface area contributed by atoms with Crippen LogP contribution in [0.25, 0.3) is 10.9 Å². The van der Waals surface area contributed by atoms with Crippen molar-refractivity contribution >= 4 is 26.8 Å². The highest BCUT2D eigenvalue weighted by molar-refractivity contribution is 9.10. The van der Waals surface area contributed by atoms with E-state index in [1.54, 1.807) is 7.11 Å². The fraction of sp³-hybridized carbons (Fsp3) is 0.381. The Labute approximate surface area is 171 Å². The van der Waals surface area contributed by atoms with Crippen molar-refractivity contribution in [2.45, 2.75) is 38.3 Å². The molecule has 4 nitrogen and oxygen atoms in total. The maximum atomic E-state index is 14.1. The quantitative estimate of drug-likeness (QED) is 0.585. The highest BCUT2D eigenvalue weighted by Crippen LogP contribution is 2.44. The topological polar surface area (TPSA) is 41.1 Å². The van der Waals surface area contributed by atoms with Crippen molar-refractivity contribution in [1.29, 1.82) is 0 Å². The van der Waals surface area contributed by atoms with Gasteiger partial charge in [0.05, 0.1) is 31.4 Å². The summed E-state index contributed by atoms with van der Waals surface area (Å²) >= 11 is 3.47. The van der Waals surface area contributed by atoms with E-state index < -0.39 is 5.92 Å². The first kappa shape index (κ1) is 19.3. The number of fused-ring (bicyclic) bond motifs is 3. The van der Waals surface area contributed by atoms with E-state index in [2.05, 4.69) is 26.1 Å². The molecule has 3 aromatic rings. The molecule has 0 amide bonds. The molecule has 0 spiro atoms. The van der Waals surface area contributed by atoms with Gasteiger partial charge < -0.3 is 4.74 Å². The third-order valence-corrected chi connectivity index (χ3v) is 5.91. The summed E-state index contributed by atoms with van der Waals surface area (Å²) < 4.78 is 34.7. The van der Waals surface area contributed by atoms with Gasteiger partial charge in [-0.25, -0.2) is 8.78 Å². The maximum absolute atomic E-state index is 14.1. The molecule has 1 unspecified atom stereocenters. The normalized spacial score (nSPS) is 20.4. The summed E-state index contributed by atoms with van der Waals surface area (Å²) in [4.78, 5) is 1.89. The third-order valence-electron chi connectivity index (χ3n) is 5.41. The smallest absolute Gasteiger partial charge is 0.257 e. The average molecular weight is 450 g/mol. The van der Waals surface area contributed by atoms with E-state index in [9.17, 15) is 8.78 Å². The van der Waals surface area contributed by atoms with E-state index in [0.717, 1.165) is 39.0 Å². The van der Waals surface area contributed by atoms with Crippen LogP contribution in [0.4, 0.5) is 8.78 Å². The molecule has 2 aromatic carbocycles.